The van der Waals surface area contributed by atoms with Gasteiger partial charge in [0.15, 0.2) is 0 Å². The molecular formula is C20H28ClN5O2. The number of carbonyl (C=O) groups is 2. The normalized spacial score (nSPS) is 16.3. The van der Waals surface area contributed by atoms with Crippen LogP contribution in [0.15, 0.2) is 36.5 Å². The van der Waals surface area contributed by atoms with Crippen LogP contribution in [0.4, 0.5) is 5.69 Å². The summed E-state index contributed by atoms with van der Waals surface area (Å²) < 4.78 is 1.88. The summed E-state index contributed by atoms with van der Waals surface area (Å²) >= 11 is 0. The van der Waals surface area contributed by atoms with Crippen molar-refractivity contribution in [2.45, 2.75) is 39.3 Å². The molecule has 0 saturated carbocycles. The third-order valence-electron chi connectivity index (χ3n) is 4.68. The lowest BCUT2D eigenvalue weighted by atomic mass is 10.1. The van der Waals surface area contributed by atoms with Gasteiger partial charge in [-0.2, -0.15) is 5.10 Å². The lowest BCUT2D eigenvalue weighted by Crippen LogP contribution is -2.32. The number of carbonyl (C=O) groups excluding carboxylic acids is 2. The predicted molar refractivity (Wildman–Crippen MR) is 112 cm³/mol. The highest BCUT2D eigenvalue weighted by atomic mass is 35.5. The second-order valence-electron chi connectivity index (χ2n) is 7.20. The lowest BCUT2D eigenvalue weighted by molar-refractivity contribution is -0.118. The summed E-state index contributed by atoms with van der Waals surface area (Å²) in [6.45, 7) is 6.05. The van der Waals surface area contributed by atoms with Gasteiger partial charge >= 0.3 is 0 Å². The molecule has 2 aromatic rings. The molecule has 2 heterocycles. The summed E-state index contributed by atoms with van der Waals surface area (Å²) in [4.78, 5) is 24.0. The molecule has 1 aliphatic rings. The highest BCUT2D eigenvalue weighted by Crippen LogP contribution is 2.16. The number of hydrogen-bond acceptors (Lipinski definition) is 4. The number of amides is 2. The average Bonchev–Trinajstić information content (AvgIpc) is 3.18. The van der Waals surface area contributed by atoms with Gasteiger partial charge in [-0.3, -0.25) is 14.3 Å². The number of benzene rings is 1. The van der Waals surface area contributed by atoms with Gasteiger partial charge < -0.3 is 16.0 Å². The Morgan fingerprint density at radius 2 is 2.00 bits per heavy atom. The number of piperidine rings is 1. The third-order valence-corrected chi connectivity index (χ3v) is 4.68. The van der Waals surface area contributed by atoms with Crippen molar-refractivity contribution < 1.29 is 9.59 Å². The van der Waals surface area contributed by atoms with E-state index in [4.69, 9.17) is 0 Å². The van der Waals surface area contributed by atoms with Gasteiger partial charge in [-0.1, -0.05) is 26.0 Å². The van der Waals surface area contributed by atoms with Gasteiger partial charge in [-0.15, -0.1) is 12.4 Å². The first-order chi connectivity index (χ1) is 13.0. The molecule has 1 unspecified atom stereocenters. The molecule has 28 heavy (non-hydrogen) atoms. The van der Waals surface area contributed by atoms with Crippen molar-refractivity contribution in [3.63, 3.8) is 0 Å². The van der Waals surface area contributed by atoms with E-state index in [1.165, 1.54) is 0 Å². The number of nitrogens with zero attached hydrogens (tertiary/aromatic N) is 2. The second-order valence-corrected chi connectivity index (χ2v) is 7.20. The maximum Gasteiger partial charge on any atom is 0.272 e. The van der Waals surface area contributed by atoms with Crippen molar-refractivity contribution >= 4 is 29.9 Å². The molecule has 1 aromatic carbocycles. The first-order valence-electron chi connectivity index (χ1n) is 9.47. The fraction of sp³-hybridized carbons (Fsp3) is 0.450. The Labute approximate surface area is 171 Å². The van der Waals surface area contributed by atoms with E-state index in [0.717, 1.165) is 37.2 Å². The highest BCUT2D eigenvalue weighted by molar-refractivity contribution is 5.92. The molecule has 152 valence electrons. The molecule has 3 rings (SSSR count). The zero-order valence-electron chi connectivity index (χ0n) is 16.3. The van der Waals surface area contributed by atoms with E-state index in [2.05, 4.69) is 21.0 Å². The van der Waals surface area contributed by atoms with Crippen molar-refractivity contribution in [3.05, 3.63) is 47.8 Å². The Morgan fingerprint density at radius 3 is 2.64 bits per heavy atom. The van der Waals surface area contributed by atoms with Gasteiger partial charge in [0.05, 0.1) is 6.04 Å². The largest absolute Gasteiger partial charge is 0.347 e. The number of rotatable bonds is 6. The molecular weight excluding hydrogens is 378 g/mol. The summed E-state index contributed by atoms with van der Waals surface area (Å²) in [7, 11) is 0. The minimum Gasteiger partial charge on any atom is -0.347 e. The molecule has 0 spiro atoms. The molecule has 0 aliphatic carbocycles. The lowest BCUT2D eigenvalue weighted by Gasteiger charge is -2.22. The monoisotopic (exact) mass is 405 g/mol. The number of hydrogen-bond donors (Lipinski definition) is 3. The minimum absolute atomic E-state index is 0. The Balaban J connectivity index is 0.00000280. The van der Waals surface area contributed by atoms with Gasteiger partial charge in [0.25, 0.3) is 5.91 Å². The van der Waals surface area contributed by atoms with Gasteiger partial charge in [0.1, 0.15) is 5.69 Å². The van der Waals surface area contributed by atoms with E-state index < -0.39 is 0 Å². The zero-order valence-corrected chi connectivity index (χ0v) is 17.1. The van der Waals surface area contributed by atoms with E-state index in [0.29, 0.717) is 18.3 Å². The molecule has 1 fully saturated rings. The van der Waals surface area contributed by atoms with Gasteiger partial charge in [-0.05, 0) is 43.1 Å². The molecule has 3 N–H and O–H groups in total. The molecule has 1 aliphatic heterocycles. The summed E-state index contributed by atoms with van der Waals surface area (Å²) in [5.74, 6) is -0.261. The van der Waals surface area contributed by atoms with Gasteiger partial charge in [0.2, 0.25) is 5.91 Å². The van der Waals surface area contributed by atoms with Crippen LogP contribution in [-0.2, 0) is 11.3 Å². The average molecular weight is 406 g/mol. The highest BCUT2D eigenvalue weighted by Gasteiger charge is 2.17. The summed E-state index contributed by atoms with van der Waals surface area (Å²) in [5, 5.41) is 13.5. The van der Waals surface area contributed by atoms with Crippen LogP contribution in [0.2, 0.25) is 0 Å². The number of anilines is 1. The number of halogens is 1. The number of nitrogens with one attached hydrogen (secondary N) is 3. The first-order valence-corrected chi connectivity index (χ1v) is 9.47. The molecule has 0 radical (unpaired) electrons. The van der Waals surface area contributed by atoms with Crippen molar-refractivity contribution in [2.75, 3.05) is 18.4 Å². The fourth-order valence-corrected chi connectivity index (χ4v) is 2.99. The maximum atomic E-state index is 12.3. The first kappa shape index (κ1) is 21.9. The Kier molecular flexibility index (Phi) is 8.02. The van der Waals surface area contributed by atoms with Crippen LogP contribution in [0.1, 0.15) is 48.8 Å². The van der Waals surface area contributed by atoms with Crippen LogP contribution in [0.3, 0.4) is 0 Å². The van der Waals surface area contributed by atoms with Crippen LogP contribution in [0.5, 0.6) is 0 Å². The van der Waals surface area contributed by atoms with Crippen molar-refractivity contribution in [3.8, 4) is 0 Å². The topological polar surface area (TPSA) is 88.0 Å². The molecule has 1 atom stereocenters. The maximum absolute atomic E-state index is 12.3. The minimum atomic E-state index is -0.185. The summed E-state index contributed by atoms with van der Waals surface area (Å²) in [5.41, 5.74) is 2.15. The van der Waals surface area contributed by atoms with Crippen LogP contribution < -0.4 is 16.0 Å². The summed E-state index contributed by atoms with van der Waals surface area (Å²) in [6.07, 6.45) is 4.08. The molecule has 0 bridgehead atoms. The standard InChI is InChI=1S/C20H27N5O2.ClH/c1-14(2)19(26)23-16-7-5-15(6-8-16)12-22-20(27)18-9-11-25(24-18)17-4-3-10-21-13-17;/h5-9,11,14,17,21H,3-4,10,12-13H2,1-2H3,(H,22,27)(H,23,26);1H. The molecule has 1 aromatic heterocycles. The smallest absolute Gasteiger partial charge is 0.272 e. The molecule has 1 saturated heterocycles. The van der Waals surface area contributed by atoms with Gasteiger partial charge in [-0.25, -0.2) is 0 Å². The predicted octanol–water partition coefficient (Wildman–Crippen LogP) is 2.75. The Morgan fingerprint density at radius 1 is 1.25 bits per heavy atom. The van der Waals surface area contributed by atoms with Crippen molar-refractivity contribution in [1.29, 1.82) is 0 Å². The fourth-order valence-electron chi connectivity index (χ4n) is 2.99. The van der Waals surface area contributed by atoms with E-state index >= 15 is 0 Å². The van der Waals surface area contributed by atoms with E-state index in [9.17, 15) is 9.59 Å². The van der Waals surface area contributed by atoms with Crippen LogP contribution >= 0.6 is 12.4 Å². The van der Waals surface area contributed by atoms with Crippen LogP contribution in [-0.4, -0.2) is 34.7 Å². The third kappa shape index (κ3) is 5.81. The SMILES string of the molecule is CC(C)C(=O)Nc1ccc(CNC(=O)c2ccn(C3CCCNC3)n2)cc1.Cl. The Bertz CT molecular complexity index is 782. The Hall–Kier alpha value is -2.38. The van der Waals surface area contributed by atoms with Crippen LogP contribution in [0.25, 0.3) is 0 Å². The second kappa shape index (κ2) is 10.2. The molecule has 2 amide bonds. The van der Waals surface area contributed by atoms with Crippen LogP contribution in [0, 0.1) is 5.92 Å². The molecule has 8 heteroatoms. The van der Waals surface area contributed by atoms with Crippen molar-refractivity contribution in [1.82, 2.24) is 20.4 Å². The molecule has 7 nitrogen and oxygen atoms in total. The van der Waals surface area contributed by atoms with E-state index in [1.54, 1.807) is 6.07 Å². The van der Waals surface area contributed by atoms with E-state index in [1.807, 2.05) is 49.0 Å². The number of aromatic nitrogens is 2. The van der Waals surface area contributed by atoms with Gasteiger partial charge in [0, 0.05) is 30.9 Å². The van der Waals surface area contributed by atoms with E-state index in [-0.39, 0.29) is 30.1 Å². The van der Waals surface area contributed by atoms with Crippen molar-refractivity contribution in [2.24, 2.45) is 5.92 Å². The summed E-state index contributed by atoms with van der Waals surface area (Å²) in [6, 6.07) is 9.53. The zero-order chi connectivity index (χ0) is 19.2. The quantitative estimate of drug-likeness (QED) is 0.689.